The van der Waals surface area contributed by atoms with E-state index < -0.39 is 11.8 Å². The second kappa shape index (κ2) is 4.78. The fourth-order valence-corrected chi connectivity index (χ4v) is 0.860. The number of hydrogen-bond acceptors (Lipinski definition) is 3. The summed E-state index contributed by atoms with van der Waals surface area (Å²) < 4.78 is 17.4. The van der Waals surface area contributed by atoms with Crippen LogP contribution in [0.2, 0.25) is 0 Å². The normalized spacial score (nSPS) is 8.33. The van der Waals surface area contributed by atoms with Crippen molar-refractivity contribution in [3.63, 3.8) is 0 Å². The summed E-state index contributed by atoms with van der Waals surface area (Å²) in [6.45, 7) is 0. The van der Waals surface area contributed by atoms with Gasteiger partial charge in [0, 0.05) is 5.92 Å². The molecule has 74 valence electrons. The van der Waals surface area contributed by atoms with Crippen LogP contribution in [0, 0.1) is 29.0 Å². The molecule has 0 amide bonds. The van der Waals surface area contributed by atoms with Gasteiger partial charge in [-0.15, -0.1) is 0 Å². The lowest BCUT2D eigenvalue weighted by Crippen LogP contribution is -1.95. The van der Waals surface area contributed by atoms with Crippen LogP contribution in [-0.2, 0) is 9.53 Å². The molecular weight excluding hydrogens is 197 g/mol. The first-order chi connectivity index (χ1) is 7.17. The molecule has 4 heteroatoms. The molecule has 0 aliphatic heterocycles. The first-order valence-electron chi connectivity index (χ1n) is 3.97. The quantitative estimate of drug-likeness (QED) is 0.470. The number of esters is 1. The smallest absolute Gasteiger partial charge is 0.384 e. The van der Waals surface area contributed by atoms with E-state index in [-0.39, 0.29) is 11.1 Å². The maximum atomic E-state index is 13.1. The molecule has 15 heavy (non-hydrogen) atoms. The van der Waals surface area contributed by atoms with Crippen LogP contribution in [0.1, 0.15) is 11.1 Å². The van der Waals surface area contributed by atoms with E-state index in [2.05, 4.69) is 16.6 Å². The maximum Gasteiger partial charge on any atom is 0.384 e. The number of benzene rings is 1. The number of nitrogens with zero attached hydrogens (tertiary/aromatic N) is 1. The Morgan fingerprint density at radius 3 is 2.87 bits per heavy atom. The minimum absolute atomic E-state index is 0.000509. The summed E-state index contributed by atoms with van der Waals surface area (Å²) in [5.41, 5.74) is 0.282. The number of ether oxygens (including phenoxy) is 1. The monoisotopic (exact) mass is 203 g/mol. The van der Waals surface area contributed by atoms with Crippen molar-refractivity contribution in [2.75, 3.05) is 7.11 Å². The number of methoxy groups -OCH3 is 1. The predicted octanol–water partition coefficient (Wildman–Crippen LogP) is 1.22. The number of nitriles is 1. The molecule has 1 rings (SSSR count). The van der Waals surface area contributed by atoms with E-state index in [1.54, 1.807) is 0 Å². The molecule has 0 saturated heterocycles. The minimum Gasteiger partial charge on any atom is -0.459 e. The Hall–Kier alpha value is -2.33. The minimum atomic E-state index is -0.753. The summed E-state index contributed by atoms with van der Waals surface area (Å²) in [6, 6.07) is 5.57. The van der Waals surface area contributed by atoms with Crippen LogP contribution in [0.15, 0.2) is 18.2 Å². The number of carbonyl (C=O) groups is 1. The number of hydrogen-bond donors (Lipinski definition) is 0. The Bertz CT molecular complexity index is 492. The lowest BCUT2D eigenvalue weighted by molar-refractivity contribution is -0.133. The van der Waals surface area contributed by atoms with Crippen LogP contribution in [0.5, 0.6) is 0 Å². The van der Waals surface area contributed by atoms with Crippen molar-refractivity contribution in [2.24, 2.45) is 0 Å². The van der Waals surface area contributed by atoms with Crippen molar-refractivity contribution in [2.45, 2.75) is 0 Å². The van der Waals surface area contributed by atoms with Gasteiger partial charge in [0.15, 0.2) is 0 Å². The van der Waals surface area contributed by atoms with Crippen LogP contribution in [0.25, 0.3) is 0 Å². The third kappa shape index (κ3) is 2.82. The van der Waals surface area contributed by atoms with Gasteiger partial charge >= 0.3 is 5.97 Å². The van der Waals surface area contributed by atoms with E-state index in [1.807, 2.05) is 6.07 Å². The first-order valence-corrected chi connectivity index (χ1v) is 3.97. The molecule has 1 aromatic carbocycles. The van der Waals surface area contributed by atoms with Gasteiger partial charge in [-0.2, -0.15) is 5.26 Å². The number of carbonyl (C=O) groups excluding carboxylic acids is 1. The summed E-state index contributed by atoms with van der Waals surface area (Å²) in [5.74, 6) is 3.04. The second-order valence-corrected chi connectivity index (χ2v) is 2.55. The van der Waals surface area contributed by atoms with Gasteiger partial charge in [0.2, 0.25) is 0 Å². The molecule has 0 bridgehead atoms. The van der Waals surface area contributed by atoms with Crippen LogP contribution < -0.4 is 0 Å². The summed E-state index contributed by atoms with van der Waals surface area (Å²) in [7, 11) is 1.18. The molecule has 1 aromatic rings. The van der Waals surface area contributed by atoms with E-state index in [0.29, 0.717) is 0 Å². The zero-order valence-corrected chi connectivity index (χ0v) is 7.87. The molecule has 0 heterocycles. The average molecular weight is 203 g/mol. The summed E-state index contributed by atoms with van der Waals surface area (Å²) in [4.78, 5) is 10.7. The van der Waals surface area contributed by atoms with Gasteiger partial charge < -0.3 is 4.74 Å². The molecule has 0 unspecified atom stereocenters. The maximum absolute atomic E-state index is 13.1. The van der Waals surface area contributed by atoms with Gasteiger partial charge in [0.05, 0.1) is 24.3 Å². The molecular formula is C11H6FNO2. The number of rotatable bonds is 0. The Morgan fingerprint density at radius 1 is 1.53 bits per heavy atom. The largest absolute Gasteiger partial charge is 0.459 e. The van der Waals surface area contributed by atoms with Gasteiger partial charge in [-0.1, -0.05) is 5.92 Å². The highest BCUT2D eigenvalue weighted by Crippen LogP contribution is 2.08. The zero-order chi connectivity index (χ0) is 11.3. The number of halogens is 1. The van der Waals surface area contributed by atoms with E-state index in [0.717, 1.165) is 6.07 Å². The van der Waals surface area contributed by atoms with E-state index in [1.165, 1.54) is 19.2 Å². The topological polar surface area (TPSA) is 50.1 Å². The fourth-order valence-electron chi connectivity index (χ4n) is 0.860. The highest BCUT2D eigenvalue weighted by molar-refractivity contribution is 5.89. The van der Waals surface area contributed by atoms with Crippen molar-refractivity contribution in [3.05, 3.63) is 35.1 Å². The molecule has 0 atom stereocenters. The van der Waals surface area contributed by atoms with Crippen molar-refractivity contribution in [1.82, 2.24) is 0 Å². The van der Waals surface area contributed by atoms with Crippen molar-refractivity contribution in [3.8, 4) is 17.9 Å². The highest BCUT2D eigenvalue weighted by atomic mass is 19.1. The van der Waals surface area contributed by atoms with Crippen molar-refractivity contribution >= 4 is 5.97 Å². The fraction of sp³-hybridized carbons (Fsp3) is 0.0909. The van der Waals surface area contributed by atoms with Crippen LogP contribution in [0.3, 0.4) is 0 Å². The van der Waals surface area contributed by atoms with Gasteiger partial charge in [0.25, 0.3) is 0 Å². The van der Waals surface area contributed by atoms with Crippen molar-refractivity contribution in [1.29, 1.82) is 5.26 Å². The molecule has 0 aliphatic rings. The zero-order valence-electron chi connectivity index (χ0n) is 7.87. The third-order valence-electron chi connectivity index (χ3n) is 1.58. The molecule has 0 fully saturated rings. The molecule has 0 N–H and O–H groups in total. The first kappa shape index (κ1) is 10.7. The standard InChI is InChI=1S/C11H6FNO2/c1-15-11(14)5-3-9-6-8(7-13)2-4-10(9)12/h2,4,6H,1H3. The Labute approximate surface area is 86.1 Å². The highest BCUT2D eigenvalue weighted by Gasteiger charge is 2.00. The average Bonchev–Trinajstić information content (AvgIpc) is 2.27. The molecule has 0 aromatic heterocycles. The molecule has 0 saturated carbocycles. The van der Waals surface area contributed by atoms with E-state index >= 15 is 0 Å². The van der Waals surface area contributed by atoms with Gasteiger partial charge in [-0.25, -0.2) is 9.18 Å². The Balaban J connectivity index is 3.08. The molecule has 0 spiro atoms. The van der Waals surface area contributed by atoms with E-state index in [4.69, 9.17) is 5.26 Å². The molecule has 0 aliphatic carbocycles. The lowest BCUT2D eigenvalue weighted by Gasteiger charge is -1.94. The predicted molar refractivity (Wildman–Crippen MR) is 50.0 cm³/mol. The van der Waals surface area contributed by atoms with Gasteiger partial charge in [-0.3, -0.25) is 0 Å². The van der Waals surface area contributed by atoms with Gasteiger partial charge in [0.1, 0.15) is 5.82 Å². The second-order valence-electron chi connectivity index (χ2n) is 2.55. The van der Waals surface area contributed by atoms with E-state index in [9.17, 15) is 9.18 Å². The summed E-state index contributed by atoms with van der Waals surface area (Å²) in [6.07, 6.45) is 0. The third-order valence-corrected chi connectivity index (χ3v) is 1.58. The van der Waals surface area contributed by atoms with Crippen molar-refractivity contribution < 1.29 is 13.9 Å². The van der Waals surface area contributed by atoms with Gasteiger partial charge in [-0.05, 0) is 18.2 Å². The van der Waals surface area contributed by atoms with Crippen LogP contribution in [-0.4, -0.2) is 13.1 Å². The Kier molecular flexibility index (Phi) is 3.43. The molecule has 3 nitrogen and oxygen atoms in total. The Morgan fingerprint density at radius 2 is 2.27 bits per heavy atom. The van der Waals surface area contributed by atoms with Crippen LogP contribution >= 0.6 is 0 Å². The summed E-state index contributed by atoms with van der Waals surface area (Å²) >= 11 is 0. The van der Waals surface area contributed by atoms with Crippen LogP contribution in [0.4, 0.5) is 4.39 Å². The summed E-state index contributed by atoms with van der Waals surface area (Å²) in [5, 5.41) is 8.56. The molecule has 0 radical (unpaired) electrons. The lowest BCUT2D eigenvalue weighted by atomic mass is 10.1. The SMILES string of the molecule is COC(=O)C#Cc1cc(C#N)ccc1F.